The molecule has 0 radical (unpaired) electrons. The van der Waals surface area contributed by atoms with Gasteiger partial charge in [-0.15, -0.1) is 11.3 Å². The molecule has 4 aromatic carbocycles. The molecule has 1 spiro atoms. The van der Waals surface area contributed by atoms with E-state index in [0.29, 0.717) is 11.8 Å². The third-order valence-electron chi connectivity index (χ3n) is 14.8. The maximum Gasteiger partial charge on any atom is 0.161 e. The summed E-state index contributed by atoms with van der Waals surface area (Å²) in [5.41, 5.74) is 18.2. The number of benzene rings is 4. The molecular formula is C55H48N2S. The summed E-state index contributed by atoms with van der Waals surface area (Å²) in [5.74, 6) is 1.82. The van der Waals surface area contributed by atoms with E-state index in [1.165, 1.54) is 97.7 Å². The lowest BCUT2D eigenvalue weighted by atomic mass is 9.62. The standard InChI is InChI=1S/C55H48N2S/c1-54(2)45-26-15-24-39(49(45)43-33-47-42(32-46(43)54)40-22-7-9-25-44(40)55(47)28-11-4-12-29-55)37-20-13-18-35(30-37)36-19-14-21-38(31-36)52-56-51(34-16-5-3-6-17-34)50-41-23-8-10-27-48(41)58-53(50)57-52/h3,5,7-10,13,15-16,18,20-27,30-33,42,47H,4,6,11-12,14,17,19,28-29H2,1-2H3. The summed E-state index contributed by atoms with van der Waals surface area (Å²) >= 11 is 1.79. The molecule has 0 amide bonds. The lowest BCUT2D eigenvalue weighted by Gasteiger charge is -2.42. The van der Waals surface area contributed by atoms with Crippen molar-refractivity contribution in [3.05, 3.63) is 178 Å². The fraction of sp³-hybridized carbons (Fsp3) is 0.273. The molecule has 12 rings (SSSR count). The van der Waals surface area contributed by atoms with E-state index in [2.05, 4.69) is 147 Å². The van der Waals surface area contributed by atoms with Gasteiger partial charge in [-0.05, 0) is 124 Å². The lowest BCUT2D eigenvalue weighted by molar-refractivity contribution is 0.233. The maximum atomic E-state index is 5.39. The first kappa shape index (κ1) is 34.6. The van der Waals surface area contributed by atoms with E-state index in [9.17, 15) is 0 Å². The lowest BCUT2D eigenvalue weighted by Crippen LogP contribution is -2.35. The fourth-order valence-corrected chi connectivity index (χ4v) is 13.1. The van der Waals surface area contributed by atoms with E-state index in [1.54, 1.807) is 22.5 Å². The highest BCUT2D eigenvalue weighted by molar-refractivity contribution is 7.25. The minimum Gasteiger partial charge on any atom is -0.228 e. The van der Waals surface area contributed by atoms with Crippen LogP contribution >= 0.6 is 11.3 Å². The highest BCUT2D eigenvalue weighted by Gasteiger charge is 2.54. The Morgan fingerprint density at radius 3 is 2.45 bits per heavy atom. The number of nitrogens with zero attached hydrogens (tertiary/aromatic N) is 2. The number of aromatic nitrogens is 2. The normalized spacial score (nSPS) is 22.4. The number of thiophene rings is 1. The van der Waals surface area contributed by atoms with Gasteiger partial charge in [-0.25, -0.2) is 9.97 Å². The van der Waals surface area contributed by atoms with Crippen molar-refractivity contribution in [3.63, 3.8) is 0 Å². The van der Waals surface area contributed by atoms with E-state index >= 15 is 0 Å². The molecule has 284 valence electrons. The predicted molar refractivity (Wildman–Crippen MR) is 245 cm³/mol. The van der Waals surface area contributed by atoms with Crippen molar-refractivity contribution in [3.8, 4) is 11.1 Å². The maximum absolute atomic E-state index is 5.39. The average molecular weight is 769 g/mol. The first-order valence-electron chi connectivity index (χ1n) is 21.7. The second-order valence-electron chi connectivity index (χ2n) is 18.2. The van der Waals surface area contributed by atoms with Gasteiger partial charge in [0.2, 0.25) is 0 Å². The van der Waals surface area contributed by atoms with Crippen LogP contribution < -0.4 is 0 Å². The fourth-order valence-electron chi connectivity index (χ4n) is 12.0. The van der Waals surface area contributed by atoms with Gasteiger partial charge in [0.05, 0.1) is 5.69 Å². The number of hydrogen-bond acceptors (Lipinski definition) is 3. The van der Waals surface area contributed by atoms with Crippen LogP contribution in [0.2, 0.25) is 0 Å². The van der Waals surface area contributed by atoms with Gasteiger partial charge in [-0.2, -0.15) is 0 Å². The topological polar surface area (TPSA) is 25.8 Å². The Kier molecular flexibility index (Phi) is 7.80. The number of rotatable bonds is 4. The Labute approximate surface area is 346 Å². The second kappa shape index (κ2) is 13.1. The van der Waals surface area contributed by atoms with Crippen molar-refractivity contribution in [2.24, 2.45) is 5.92 Å². The van der Waals surface area contributed by atoms with Gasteiger partial charge in [-0.3, -0.25) is 0 Å². The summed E-state index contributed by atoms with van der Waals surface area (Å²) in [7, 11) is 0. The van der Waals surface area contributed by atoms with Crippen LogP contribution in [0.4, 0.5) is 0 Å². The van der Waals surface area contributed by atoms with Crippen LogP contribution in [-0.2, 0) is 10.8 Å². The molecule has 6 aliphatic rings. The Balaban J connectivity index is 0.944. The van der Waals surface area contributed by atoms with Crippen LogP contribution in [0.3, 0.4) is 0 Å². The number of hydrogen-bond donors (Lipinski definition) is 0. The Hall–Kier alpha value is -5.38. The summed E-state index contributed by atoms with van der Waals surface area (Å²) in [6.45, 7) is 4.92. The zero-order valence-corrected chi connectivity index (χ0v) is 34.3. The van der Waals surface area contributed by atoms with E-state index in [1.807, 2.05) is 0 Å². The highest BCUT2D eigenvalue weighted by atomic mass is 32.1. The first-order chi connectivity index (χ1) is 28.5. The molecule has 2 nitrogen and oxygen atoms in total. The molecule has 0 saturated heterocycles. The van der Waals surface area contributed by atoms with Crippen LogP contribution in [-0.4, -0.2) is 9.97 Å². The smallest absolute Gasteiger partial charge is 0.161 e. The minimum atomic E-state index is -0.0546. The summed E-state index contributed by atoms with van der Waals surface area (Å²) in [4.78, 5) is 11.8. The largest absolute Gasteiger partial charge is 0.228 e. The molecule has 2 aromatic heterocycles. The highest BCUT2D eigenvalue weighted by Crippen LogP contribution is 2.64. The molecule has 0 N–H and O–H groups in total. The van der Waals surface area contributed by atoms with Gasteiger partial charge in [-0.1, -0.05) is 148 Å². The second-order valence-corrected chi connectivity index (χ2v) is 19.2. The van der Waals surface area contributed by atoms with Crippen molar-refractivity contribution < 1.29 is 0 Å². The summed E-state index contributed by atoms with van der Waals surface area (Å²) in [5, 5.41) is 2.46. The monoisotopic (exact) mass is 768 g/mol. The number of allylic oxidation sites excluding steroid dienone is 12. The van der Waals surface area contributed by atoms with Crippen LogP contribution in [0.5, 0.6) is 0 Å². The molecule has 2 heterocycles. The molecule has 1 fully saturated rings. The molecule has 1 saturated carbocycles. The van der Waals surface area contributed by atoms with Crippen molar-refractivity contribution in [2.75, 3.05) is 0 Å². The van der Waals surface area contributed by atoms with Crippen LogP contribution in [0.15, 0.2) is 139 Å². The Morgan fingerprint density at radius 2 is 1.55 bits per heavy atom. The minimum absolute atomic E-state index is 0.0546. The van der Waals surface area contributed by atoms with Gasteiger partial charge in [0.1, 0.15) is 4.83 Å². The molecule has 58 heavy (non-hydrogen) atoms. The van der Waals surface area contributed by atoms with Crippen molar-refractivity contribution in [2.45, 2.75) is 88.4 Å². The zero-order chi connectivity index (χ0) is 38.6. The third kappa shape index (κ3) is 5.08. The molecule has 0 aliphatic heterocycles. The van der Waals surface area contributed by atoms with Crippen LogP contribution in [0, 0.1) is 5.92 Å². The molecular weight excluding hydrogens is 721 g/mol. The quantitative estimate of drug-likeness (QED) is 0.178. The van der Waals surface area contributed by atoms with Gasteiger partial charge < -0.3 is 0 Å². The molecule has 2 unspecified atom stereocenters. The molecule has 0 bridgehead atoms. The van der Waals surface area contributed by atoms with Crippen molar-refractivity contribution in [1.29, 1.82) is 0 Å². The van der Waals surface area contributed by atoms with E-state index in [0.717, 1.165) is 47.6 Å². The SMILES string of the molecule is CC1(C)C2=CC3c4ccccc4C4(CCCCC4)C3C=C2c2c(-c3cccc(C4=CC(c5nc(C6=CC=CCC6)c6c(n5)sc5ccccc56)=CCC4)c3)cccc21. The molecule has 3 heteroatoms. The van der Waals surface area contributed by atoms with E-state index in [4.69, 9.17) is 9.97 Å². The number of fused-ring (bicyclic) bond motifs is 11. The summed E-state index contributed by atoms with van der Waals surface area (Å²) in [6.07, 6.45) is 27.6. The summed E-state index contributed by atoms with van der Waals surface area (Å²) in [6, 6.07) is 34.7. The van der Waals surface area contributed by atoms with Gasteiger partial charge in [0, 0.05) is 37.8 Å². The zero-order valence-electron chi connectivity index (χ0n) is 33.5. The molecule has 6 aliphatic carbocycles. The van der Waals surface area contributed by atoms with Crippen LogP contribution in [0.1, 0.15) is 117 Å². The first-order valence-corrected chi connectivity index (χ1v) is 22.5. The molecule has 6 aromatic rings. The van der Waals surface area contributed by atoms with E-state index < -0.39 is 0 Å². The molecule has 2 atom stereocenters. The predicted octanol–water partition coefficient (Wildman–Crippen LogP) is 14.7. The Morgan fingerprint density at radius 1 is 0.741 bits per heavy atom. The van der Waals surface area contributed by atoms with Crippen LogP contribution in [0.25, 0.3) is 53.7 Å². The summed E-state index contributed by atoms with van der Waals surface area (Å²) < 4.78 is 1.27. The van der Waals surface area contributed by atoms with Gasteiger partial charge in [0.15, 0.2) is 5.82 Å². The van der Waals surface area contributed by atoms with E-state index in [-0.39, 0.29) is 10.8 Å². The van der Waals surface area contributed by atoms with Crippen molar-refractivity contribution >= 4 is 53.9 Å². The third-order valence-corrected chi connectivity index (χ3v) is 15.8. The average Bonchev–Trinajstić information content (AvgIpc) is 3.86. The van der Waals surface area contributed by atoms with Gasteiger partial charge in [0.25, 0.3) is 0 Å². The Bertz CT molecular complexity index is 2910. The van der Waals surface area contributed by atoms with Gasteiger partial charge >= 0.3 is 0 Å². The van der Waals surface area contributed by atoms with Crippen molar-refractivity contribution in [1.82, 2.24) is 9.97 Å².